The lowest BCUT2D eigenvalue weighted by molar-refractivity contribution is 0.374. The second-order valence-corrected chi connectivity index (χ2v) is 4.95. The maximum absolute atomic E-state index is 4.42. The van der Waals surface area contributed by atoms with Crippen molar-refractivity contribution in [2.75, 3.05) is 31.1 Å². The molecule has 1 aromatic rings. The van der Waals surface area contributed by atoms with Crippen molar-refractivity contribution in [3.8, 4) is 0 Å². The molecule has 1 aliphatic heterocycles. The van der Waals surface area contributed by atoms with Crippen molar-refractivity contribution in [1.29, 1.82) is 0 Å². The Hall–Kier alpha value is -1.16. The van der Waals surface area contributed by atoms with Gasteiger partial charge in [0.1, 0.15) is 12.1 Å². The highest BCUT2D eigenvalue weighted by Crippen LogP contribution is 2.18. The van der Waals surface area contributed by atoms with E-state index in [1.165, 1.54) is 12.8 Å². The Morgan fingerprint density at radius 1 is 1.28 bits per heavy atom. The zero-order valence-corrected chi connectivity index (χ0v) is 11.5. The predicted octanol–water partition coefficient (Wildman–Crippen LogP) is 1.86. The van der Waals surface area contributed by atoms with Crippen LogP contribution >= 0.6 is 0 Å². The Balaban J connectivity index is 2.02. The minimum Gasteiger partial charge on any atom is -0.357 e. The lowest BCUT2D eigenvalue weighted by atomic mass is 9.97. The van der Waals surface area contributed by atoms with Crippen molar-refractivity contribution in [3.05, 3.63) is 18.1 Å². The van der Waals surface area contributed by atoms with E-state index < -0.39 is 0 Å². The zero-order chi connectivity index (χ0) is 12.8. The van der Waals surface area contributed by atoms with Crippen LogP contribution in [0.4, 0.5) is 5.82 Å². The quantitative estimate of drug-likeness (QED) is 0.863. The molecule has 0 radical (unpaired) electrons. The van der Waals surface area contributed by atoms with E-state index in [2.05, 4.69) is 40.1 Å². The normalized spacial score (nSPS) is 16.8. The van der Waals surface area contributed by atoms with Crippen molar-refractivity contribution in [3.63, 3.8) is 0 Å². The molecule has 2 rings (SSSR count). The molecule has 100 valence electrons. The first-order valence-corrected chi connectivity index (χ1v) is 7.10. The van der Waals surface area contributed by atoms with Crippen LogP contribution in [0, 0.1) is 5.92 Å². The zero-order valence-electron chi connectivity index (χ0n) is 11.5. The van der Waals surface area contributed by atoms with Crippen LogP contribution in [0.1, 0.15) is 32.4 Å². The molecule has 1 fully saturated rings. The molecule has 0 spiro atoms. The van der Waals surface area contributed by atoms with Crippen LogP contribution in [-0.4, -0.2) is 36.1 Å². The fourth-order valence-corrected chi connectivity index (χ4v) is 2.51. The third-order valence-electron chi connectivity index (χ3n) is 3.71. The average Bonchev–Trinajstić information content (AvgIpc) is 2.46. The van der Waals surface area contributed by atoms with Gasteiger partial charge in [-0.1, -0.05) is 6.92 Å². The number of nitrogens with one attached hydrogen (secondary N) is 1. The first-order valence-electron chi connectivity index (χ1n) is 7.10. The molecule has 4 heteroatoms. The molecule has 0 unspecified atom stereocenters. The van der Waals surface area contributed by atoms with Crippen LogP contribution in [0.2, 0.25) is 0 Å². The predicted molar refractivity (Wildman–Crippen MR) is 74.9 cm³/mol. The third kappa shape index (κ3) is 3.42. The minimum atomic E-state index is 0.797. The average molecular weight is 248 g/mol. The number of anilines is 1. The number of rotatable bonds is 5. The fraction of sp³-hybridized carbons (Fsp3) is 0.714. The Morgan fingerprint density at radius 3 is 2.72 bits per heavy atom. The SMILES string of the molecule is CCc1cc(N(CC)CC2CCNCC2)ncn1. The molecule has 1 N–H and O–H groups in total. The minimum absolute atomic E-state index is 0.797. The van der Waals surface area contributed by atoms with Gasteiger partial charge in [-0.25, -0.2) is 9.97 Å². The molecule has 4 nitrogen and oxygen atoms in total. The number of aromatic nitrogens is 2. The van der Waals surface area contributed by atoms with Gasteiger partial charge < -0.3 is 10.2 Å². The molecule has 1 saturated heterocycles. The molecule has 1 aromatic heterocycles. The standard InChI is InChI=1S/C14H24N4/c1-3-13-9-14(17-11-16-13)18(4-2)10-12-5-7-15-8-6-12/h9,11-12,15H,3-8,10H2,1-2H3. The number of aryl methyl sites for hydroxylation is 1. The lowest BCUT2D eigenvalue weighted by Gasteiger charge is -2.30. The van der Waals surface area contributed by atoms with Crippen molar-refractivity contribution in [2.24, 2.45) is 5.92 Å². The molecule has 0 saturated carbocycles. The van der Waals surface area contributed by atoms with Crippen LogP contribution in [0.5, 0.6) is 0 Å². The Bertz CT molecular complexity index is 361. The fourth-order valence-electron chi connectivity index (χ4n) is 2.51. The number of hydrogen-bond acceptors (Lipinski definition) is 4. The highest BCUT2D eigenvalue weighted by atomic mass is 15.2. The van der Waals surface area contributed by atoms with Crippen LogP contribution in [0.25, 0.3) is 0 Å². The first-order chi connectivity index (χ1) is 8.83. The molecule has 1 aliphatic rings. The van der Waals surface area contributed by atoms with E-state index in [1.54, 1.807) is 6.33 Å². The van der Waals surface area contributed by atoms with E-state index >= 15 is 0 Å². The van der Waals surface area contributed by atoms with Gasteiger partial charge in [0.05, 0.1) is 0 Å². The molecule has 2 heterocycles. The summed E-state index contributed by atoms with van der Waals surface area (Å²) in [4.78, 5) is 11.1. The third-order valence-corrected chi connectivity index (χ3v) is 3.71. The van der Waals surface area contributed by atoms with Gasteiger partial charge in [0.25, 0.3) is 0 Å². The molecule has 0 aliphatic carbocycles. The van der Waals surface area contributed by atoms with Gasteiger partial charge in [-0.05, 0) is 45.2 Å². The molecule has 0 atom stereocenters. The van der Waals surface area contributed by atoms with Gasteiger partial charge in [-0.15, -0.1) is 0 Å². The van der Waals surface area contributed by atoms with Gasteiger partial charge in [0.15, 0.2) is 0 Å². The summed E-state index contributed by atoms with van der Waals surface area (Å²) in [6.07, 6.45) is 5.23. The highest BCUT2D eigenvalue weighted by Gasteiger charge is 2.17. The van der Waals surface area contributed by atoms with Crippen molar-refractivity contribution < 1.29 is 0 Å². The summed E-state index contributed by atoms with van der Waals surface area (Å²) in [5, 5.41) is 3.42. The molecular weight excluding hydrogens is 224 g/mol. The molecule has 0 amide bonds. The van der Waals surface area contributed by atoms with Crippen LogP contribution in [0.3, 0.4) is 0 Å². The smallest absolute Gasteiger partial charge is 0.132 e. The molecule has 0 aromatic carbocycles. The van der Waals surface area contributed by atoms with E-state index in [4.69, 9.17) is 0 Å². The van der Waals surface area contributed by atoms with Crippen molar-refractivity contribution in [2.45, 2.75) is 33.1 Å². The van der Waals surface area contributed by atoms with Crippen molar-refractivity contribution >= 4 is 5.82 Å². The van der Waals surface area contributed by atoms with Crippen LogP contribution in [0.15, 0.2) is 12.4 Å². The summed E-state index contributed by atoms with van der Waals surface area (Å²) < 4.78 is 0. The molecule has 0 bridgehead atoms. The lowest BCUT2D eigenvalue weighted by Crippen LogP contribution is -2.36. The topological polar surface area (TPSA) is 41.0 Å². The van der Waals surface area contributed by atoms with Gasteiger partial charge in [-0.2, -0.15) is 0 Å². The van der Waals surface area contributed by atoms with E-state index in [0.29, 0.717) is 0 Å². The second-order valence-electron chi connectivity index (χ2n) is 4.95. The van der Waals surface area contributed by atoms with Crippen LogP contribution in [-0.2, 0) is 6.42 Å². The largest absolute Gasteiger partial charge is 0.357 e. The monoisotopic (exact) mass is 248 g/mol. The Kier molecular flexibility index (Phi) is 4.93. The first kappa shape index (κ1) is 13.3. The van der Waals surface area contributed by atoms with Crippen LogP contribution < -0.4 is 10.2 Å². The van der Waals surface area contributed by atoms with E-state index in [0.717, 1.165) is 50.0 Å². The van der Waals surface area contributed by atoms with Crippen molar-refractivity contribution in [1.82, 2.24) is 15.3 Å². The van der Waals surface area contributed by atoms with E-state index in [9.17, 15) is 0 Å². The Morgan fingerprint density at radius 2 is 2.06 bits per heavy atom. The highest BCUT2D eigenvalue weighted by molar-refractivity contribution is 5.38. The summed E-state index contributed by atoms with van der Waals surface area (Å²) in [7, 11) is 0. The number of piperidine rings is 1. The van der Waals surface area contributed by atoms with E-state index in [1.807, 2.05) is 0 Å². The maximum atomic E-state index is 4.42. The van der Waals surface area contributed by atoms with E-state index in [-0.39, 0.29) is 0 Å². The number of hydrogen-bond donors (Lipinski definition) is 1. The summed E-state index contributed by atoms with van der Waals surface area (Å²) >= 11 is 0. The maximum Gasteiger partial charge on any atom is 0.132 e. The molecular formula is C14H24N4. The summed E-state index contributed by atoms with van der Waals surface area (Å²) in [5.41, 5.74) is 1.13. The Labute approximate surface area is 110 Å². The summed E-state index contributed by atoms with van der Waals surface area (Å²) in [6, 6.07) is 2.13. The summed E-state index contributed by atoms with van der Waals surface area (Å²) in [5.74, 6) is 1.88. The van der Waals surface area contributed by atoms with Gasteiger partial charge in [-0.3, -0.25) is 0 Å². The van der Waals surface area contributed by atoms with Gasteiger partial charge in [0.2, 0.25) is 0 Å². The van der Waals surface area contributed by atoms with Gasteiger partial charge in [0, 0.05) is 24.8 Å². The molecule has 18 heavy (non-hydrogen) atoms. The number of nitrogens with zero attached hydrogens (tertiary/aromatic N) is 3. The van der Waals surface area contributed by atoms with Gasteiger partial charge >= 0.3 is 0 Å². The summed E-state index contributed by atoms with van der Waals surface area (Å²) in [6.45, 7) is 8.80. The second kappa shape index (κ2) is 6.69.